The summed E-state index contributed by atoms with van der Waals surface area (Å²) in [6.07, 6.45) is 5.02. The van der Waals surface area contributed by atoms with Crippen molar-refractivity contribution in [3.8, 4) is 0 Å². The van der Waals surface area contributed by atoms with Crippen LogP contribution in [0.3, 0.4) is 0 Å². The molecule has 0 aromatic carbocycles. The van der Waals surface area contributed by atoms with Crippen LogP contribution < -0.4 is 10.6 Å². The lowest BCUT2D eigenvalue weighted by molar-refractivity contribution is -0.121. The zero-order valence-corrected chi connectivity index (χ0v) is 12.9. The van der Waals surface area contributed by atoms with Gasteiger partial charge in [-0.2, -0.15) is 0 Å². The Balaban J connectivity index is -0.000000439. The summed E-state index contributed by atoms with van der Waals surface area (Å²) >= 11 is 0. The highest BCUT2D eigenvalue weighted by molar-refractivity contribution is 5.75. The van der Waals surface area contributed by atoms with Crippen LogP contribution in [0, 0.1) is 0 Å². The van der Waals surface area contributed by atoms with E-state index in [0.717, 1.165) is 38.8 Å². The molecule has 0 spiro atoms. The number of unbranched alkanes of at least 4 members (excludes halogenated alkanes) is 2. The summed E-state index contributed by atoms with van der Waals surface area (Å²) in [5.41, 5.74) is 0. The lowest BCUT2D eigenvalue weighted by Crippen LogP contribution is -2.23. The first-order valence-electron chi connectivity index (χ1n) is 7.22. The monoisotopic (exact) mass is 246 g/mol. The predicted molar refractivity (Wildman–Crippen MR) is 78.4 cm³/mol. The van der Waals surface area contributed by atoms with Crippen molar-refractivity contribution < 1.29 is 4.79 Å². The standard InChI is InChI=1S/C10H22N2O.2C2H6/c1-3-8-12-10(13)7-5-4-6-9-11-2;2*1-2/h11H,3-9H2,1-2H3,(H,12,13);2*1-2H3. The average molecular weight is 246 g/mol. The van der Waals surface area contributed by atoms with Crippen LogP contribution in [0.15, 0.2) is 0 Å². The number of hydrogen-bond acceptors (Lipinski definition) is 2. The first kappa shape index (κ1) is 21.7. The quantitative estimate of drug-likeness (QED) is 0.645. The Labute approximate surface area is 109 Å². The largest absolute Gasteiger partial charge is 0.356 e. The van der Waals surface area contributed by atoms with Crippen molar-refractivity contribution in [2.45, 2.75) is 66.7 Å². The van der Waals surface area contributed by atoms with Gasteiger partial charge in [-0.25, -0.2) is 0 Å². The second-order valence-corrected chi connectivity index (χ2v) is 3.26. The molecule has 0 aliphatic rings. The van der Waals surface area contributed by atoms with E-state index in [2.05, 4.69) is 17.6 Å². The topological polar surface area (TPSA) is 41.1 Å². The summed E-state index contributed by atoms with van der Waals surface area (Å²) in [6, 6.07) is 0. The van der Waals surface area contributed by atoms with Gasteiger partial charge in [0.05, 0.1) is 0 Å². The van der Waals surface area contributed by atoms with E-state index >= 15 is 0 Å². The molecule has 0 saturated carbocycles. The van der Waals surface area contributed by atoms with Gasteiger partial charge < -0.3 is 10.6 Å². The molecule has 17 heavy (non-hydrogen) atoms. The van der Waals surface area contributed by atoms with Crippen molar-refractivity contribution in [1.29, 1.82) is 0 Å². The molecule has 0 unspecified atom stereocenters. The molecule has 0 aromatic heterocycles. The average Bonchev–Trinajstić information content (AvgIpc) is 2.41. The van der Waals surface area contributed by atoms with Crippen molar-refractivity contribution in [1.82, 2.24) is 10.6 Å². The Morgan fingerprint density at radius 3 is 2.00 bits per heavy atom. The van der Waals surface area contributed by atoms with Gasteiger partial charge in [-0.1, -0.05) is 41.0 Å². The van der Waals surface area contributed by atoms with E-state index in [4.69, 9.17) is 0 Å². The number of nitrogens with one attached hydrogen (secondary N) is 2. The van der Waals surface area contributed by atoms with Crippen LogP contribution >= 0.6 is 0 Å². The molecule has 0 aromatic rings. The molecule has 0 bridgehead atoms. The van der Waals surface area contributed by atoms with E-state index in [9.17, 15) is 4.79 Å². The zero-order chi connectivity index (χ0) is 13.9. The van der Waals surface area contributed by atoms with Gasteiger partial charge in [0.2, 0.25) is 5.91 Å². The SMILES string of the molecule is CC.CC.CCCNC(=O)CCCCCNC. The van der Waals surface area contributed by atoms with E-state index in [-0.39, 0.29) is 5.91 Å². The summed E-state index contributed by atoms with van der Waals surface area (Å²) in [7, 11) is 1.95. The molecule has 0 heterocycles. The van der Waals surface area contributed by atoms with E-state index in [0.29, 0.717) is 6.42 Å². The van der Waals surface area contributed by atoms with Crippen molar-refractivity contribution in [3.05, 3.63) is 0 Å². The first-order valence-corrected chi connectivity index (χ1v) is 7.22. The molecule has 0 aliphatic heterocycles. The summed E-state index contributed by atoms with van der Waals surface area (Å²) in [4.78, 5) is 11.1. The molecule has 2 N–H and O–H groups in total. The Kier molecular flexibility index (Phi) is 31.4. The highest BCUT2D eigenvalue weighted by Crippen LogP contribution is 1.98. The van der Waals surface area contributed by atoms with Crippen LogP contribution in [0.25, 0.3) is 0 Å². The van der Waals surface area contributed by atoms with E-state index < -0.39 is 0 Å². The van der Waals surface area contributed by atoms with Crippen molar-refractivity contribution >= 4 is 5.91 Å². The fraction of sp³-hybridized carbons (Fsp3) is 0.929. The van der Waals surface area contributed by atoms with Gasteiger partial charge >= 0.3 is 0 Å². The molecule has 0 fully saturated rings. The van der Waals surface area contributed by atoms with Gasteiger partial charge in [-0.3, -0.25) is 4.79 Å². The van der Waals surface area contributed by atoms with Gasteiger partial charge in [0.15, 0.2) is 0 Å². The van der Waals surface area contributed by atoms with Crippen molar-refractivity contribution in [2.75, 3.05) is 20.1 Å². The van der Waals surface area contributed by atoms with Gasteiger partial charge in [0.25, 0.3) is 0 Å². The maximum Gasteiger partial charge on any atom is 0.219 e. The third-order valence-corrected chi connectivity index (χ3v) is 1.90. The molecule has 1 amide bonds. The Bertz CT molecular complexity index is 127. The Hall–Kier alpha value is -0.570. The minimum absolute atomic E-state index is 0.200. The van der Waals surface area contributed by atoms with Gasteiger partial charge in [-0.05, 0) is 32.9 Å². The summed E-state index contributed by atoms with van der Waals surface area (Å²) < 4.78 is 0. The third-order valence-electron chi connectivity index (χ3n) is 1.90. The fourth-order valence-electron chi connectivity index (χ4n) is 1.12. The van der Waals surface area contributed by atoms with Crippen molar-refractivity contribution in [2.24, 2.45) is 0 Å². The minimum atomic E-state index is 0.200. The molecule has 0 atom stereocenters. The summed E-state index contributed by atoms with van der Waals surface area (Å²) in [5, 5.41) is 5.96. The van der Waals surface area contributed by atoms with Crippen LogP contribution in [-0.4, -0.2) is 26.0 Å². The van der Waals surface area contributed by atoms with Crippen molar-refractivity contribution in [3.63, 3.8) is 0 Å². The maximum atomic E-state index is 11.1. The molecule has 0 radical (unpaired) electrons. The minimum Gasteiger partial charge on any atom is -0.356 e. The lowest BCUT2D eigenvalue weighted by atomic mass is 10.2. The molecule has 0 aliphatic carbocycles. The molecule has 3 nitrogen and oxygen atoms in total. The summed E-state index contributed by atoms with van der Waals surface area (Å²) in [6.45, 7) is 11.9. The predicted octanol–water partition coefficient (Wildman–Crippen LogP) is 3.34. The van der Waals surface area contributed by atoms with E-state index in [1.807, 2.05) is 34.7 Å². The second-order valence-electron chi connectivity index (χ2n) is 3.26. The Morgan fingerprint density at radius 1 is 0.941 bits per heavy atom. The summed E-state index contributed by atoms with van der Waals surface area (Å²) in [5.74, 6) is 0.200. The van der Waals surface area contributed by atoms with Crippen LogP contribution in [0.5, 0.6) is 0 Å². The smallest absolute Gasteiger partial charge is 0.219 e. The van der Waals surface area contributed by atoms with Gasteiger partial charge in [-0.15, -0.1) is 0 Å². The van der Waals surface area contributed by atoms with E-state index in [1.165, 1.54) is 0 Å². The molecule has 106 valence electrons. The number of hydrogen-bond donors (Lipinski definition) is 2. The highest BCUT2D eigenvalue weighted by atomic mass is 16.1. The number of amides is 1. The van der Waals surface area contributed by atoms with Gasteiger partial charge in [0.1, 0.15) is 0 Å². The Morgan fingerprint density at radius 2 is 1.53 bits per heavy atom. The first-order chi connectivity index (χ1) is 8.31. The fourth-order valence-corrected chi connectivity index (χ4v) is 1.12. The maximum absolute atomic E-state index is 11.1. The highest BCUT2D eigenvalue weighted by Gasteiger charge is 1.98. The zero-order valence-electron chi connectivity index (χ0n) is 12.9. The second kappa shape index (κ2) is 24.6. The van der Waals surface area contributed by atoms with Crippen LogP contribution in [0.2, 0.25) is 0 Å². The molecule has 3 heteroatoms. The molecular weight excluding hydrogens is 212 g/mol. The third kappa shape index (κ3) is 25.6. The number of carbonyl (C=O) groups is 1. The van der Waals surface area contributed by atoms with Crippen LogP contribution in [0.4, 0.5) is 0 Å². The molecule has 0 saturated heterocycles. The molecule has 0 rings (SSSR count). The number of carbonyl (C=O) groups excluding carboxylic acids is 1. The molecular formula is C14H34N2O. The lowest BCUT2D eigenvalue weighted by Gasteiger charge is -2.02. The van der Waals surface area contributed by atoms with Crippen LogP contribution in [0.1, 0.15) is 66.7 Å². The van der Waals surface area contributed by atoms with Crippen LogP contribution in [-0.2, 0) is 4.79 Å². The van der Waals surface area contributed by atoms with E-state index in [1.54, 1.807) is 0 Å². The normalized spacial score (nSPS) is 8.35. The van der Waals surface area contributed by atoms with Gasteiger partial charge in [0, 0.05) is 13.0 Å². The number of rotatable bonds is 8.